The molecular formula is C5H9F4N. The van der Waals surface area contributed by atoms with E-state index in [9.17, 15) is 17.6 Å². The summed E-state index contributed by atoms with van der Waals surface area (Å²) in [6.07, 6.45) is -6.26. The monoisotopic (exact) mass is 159 g/mol. The molecule has 62 valence electrons. The minimum atomic E-state index is -2.97. The molecule has 2 N–H and O–H groups in total. The van der Waals surface area contributed by atoms with Crippen molar-refractivity contribution in [3.8, 4) is 0 Å². The number of nitrogens with two attached hydrogens (primary N) is 1. The molecule has 1 nitrogen and oxygen atoms in total. The standard InChI is InChI=1S/C5H9F4N/c6-4(7)3(1-2-10)5(8)9/h3-5H,1-2,10H2. The quantitative estimate of drug-likeness (QED) is 0.618. The van der Waals surface area contributed by atoms with E-state index in [1.807, 2.05) is 0 Å². The van der Waals surface area contributed by atoms with Crippen LogP contribution in [-0.4, -0.2) is 19.4 Å². The maximum Gasteiger partial charge on any atom is 0.246 e. The molecule has 0 spiro atoms. The molecule has 10 heavy (non-hydrogen) atoms. The summed E-state index contributed by atoms with van der Waals surface area (Å²) in [6, 6.07) is 0. The second-order valence-corrected chi connectivity index (χ2v) is 1.91. The molecule has 0 rings (SSSR count). The van der Waals surface area contributed by atoms with Crippen LogP contribution < -0.4 is 5.73 Å². The van der Waals surface area contributed by atoms with Crippen molar-refractivity contribution >= 4 is 0 Å². The van der Waals surface area contributed by atoms with E-state index >= 15 is 0 Å². The van der Waals surface area contributed by atoms with Gasteiger partial charge < -0.3 is 5.73 Å². The lowest BCUT2D eigenvalue weighted by molar-refractivity contribution is -0.0291. The first kappa shape index (κ1) is 9.68. The van der Waals surface area contributed by atoms with Crippen LogP contribution in [0, 0.1) is 5.92 Å². The lowest BCUT2D eigenvalue weighted by Crippen LogP contribution is -2.23. The molecule has 0 atom stereocenters. The maximum atomic E-state index is 11.6. The Morgan fingerprint density at radius 3 is 1.50 bits per heavy atom. The van der Waals surface area contributed by atoms with Crippen LogP contribution in [0.25, 0.3) is 0 Å². The van der Waals surface area contributed by atoms with Gasteiger partial charge in [-0.3, -0.25) is 0 Å². The first-order valence-electron chi connectivity index (χ1n) is 2.86. The summed E-state index contributed by atoms with van der Waals surface area (Å²) in [5.41, 5.74) is 4.84. The first-order valence-corrected chi connectivity index (χ1v) is 2.86. The molecule has 0 aromatic heterocycles. The summed E-state index contributed by atoms with van der Waals surface area (Å²) in [5.74, 6) is -1.86. The van der Waals surface area contributed by atoms with Crippen molar-refractivity contribution in [3.05, 3.63) is 0 Å². The number of hydrogen-bond donors (Lipinski definition) is 1. The van der Waals surface area contributed by atoms with Crippen LogP contribution >= 0.6 is 0 Å². The Labute approximate surface area is 56.2 Å². The molecular weight excluding hydrogens is 150 g/mol. The predicted octanol–water partition coefficient (Wildman–Crippen LogP) is 1.48. The van der Waals surface area contributed by atoms with Gasteiger partial charge in [0.15, 0.2) is 0 Å². The molecule has 0 amide bonds. The fourth-order valence-corrected chi connectivity index (χ4v) is 0.554. The topological polar surface area (TPSA) is 26.0 Å². The molecule has 0 aromatic rings. The average Bonchev–Trinajstić information content (AvgIpc) is 1.81. The van der Waals surface area contributed by atoms with Crippen molar-refractivity contribution < 1.29 is 17.6 Å². The Bertz CT molecular complexity index is 77.7. The van der Waals surface area contributed by atoms with Crippen LogP contribution in [0.3, 0.4) is 0 Å². The van der Waals surface area contributed by atoms with E-state index in [0.717, 1.165) is 0 Å². The maximum absolute atomic E-state index is 11.6. The van der Waals surface area contributed by atoms with Crippen LogP contribution in [0.1, 0.15) is 6.42 Å². The van der Waals surface area contributed by atoms with Gasteiger partial charge in [-0.25, -0.2) is 17.6 Å². The molecule has 0 heterocycles. The van der Waals surface area contributed by atoms with Crippen molar-refractivity contribution in [2.24, 2.45) is 11.7 Å². The zero-order valence-electron chi connectivity index (χ0n) is 5.24. The van der Waals surface area contributed by atoms with Gasteiger partial charge in [-0.05, 0) is 13.0 Å². The van der Waals surface area contributed by atoms with Gasteiger partial charge in [-0.2, -0.15) is 0 Å². The second-order valence-electron chi connectivity index (χ2n) is 1.91. The summed E-state index contributed by atoms with van der Waals surface area (Å²) in [6.45, 7) is -0.126. The van der Waals surface area contributed by atoms with Gasteiger partial charge in [0.2, 0.25) is 12.9 Å². The SMILES string of the molecule is NCCC(C(F)F)C(F)F. The summed E-state index contributed by atoms with van der Waals surface area (Å²) in [7, 11) is 0. The van der Waals surface area contributed by atoms with Crippen molar-refractivity contribution in [1.29, 1.82) is 0 Å². The van der Waals surface area contributed by atoms with Gasteiger partial charge in [0.1, 0.15) is 0 Å². The fourth-order valence-electron chi connectivity index (χ4n) is 0.554. The second kappa shape index (κ2) is 4.49. The van der Waals surface area contributed by atoms with Crippen molar-refractivity contribution in [2.45, 2.75) is 19.3 Å². The molecule has 0 radical (unpaired) electrons. The molecule has 0 saturated carbocycles. The number of alkyl halides is 4. The van der Waals surface area contributed by atoms with E-state index in [-0.39, 0.29) is 13.0 Å². The van der Waals surface area contributed by atoms with E-state index in [1.54, 1.807) is 0 Å². The smallest absolute Gasteiger partial charge is 0.246 e. The van der Waals surface area contributed by atoms with Crippen LogP contribution in [0.15, 0.2) is 0 Å². The zero-order valence-corrected chi connectivity index (χ0v) is 5.24. The first-order chi connectivity index (χ1) is 4.59. The highest BCUT2D eigenvalue weighted by Crippen LogP contribution is 2.20. The predicted molar refractivity (Wildman–Crippen MR) is 29.2 cm³/mol. The molecule has 0 saturated heterocycles. The zero-order chi connectivity index (χ0) is 8.15. The molecule has 0 aliphatic carbocycles. The minimum absolute atomic E-state index is 0.126. The Hall–Kier alpha value is -0.320. The largest absolute Gasteiger partial charge is 0.330 e. The van der Waals surface area contributed by atoms with E-state index < -0.39 is 18.8 Å². The van der Waals surface area contributed by atoms with Gasteiger partial charge in [0, 0.05) is 0 Å². The number of rotatable bonds is 4. The number of hydrogen-bond acceptors (Lipinski definition) is 1. The number of halogens is 4. The normalized spacial score (nSPS) is 12.0. The van der Waals surface area contributed by atoms with E-state index in [2.05, 4.69) is 0 Å². The lowest BCUT2D eigenvalue weighted by Gasteiger charge is -2.12. The Morgan fingerprint density at radius 1 is 1.00 bits per heavy atom. The molecule has 0 fully saturated rings. The van der Waals surface area contributed by atoms with Crippen molar-refractivity contribution in [1.82, 2.24) is 0 Å². The molecule has 0 aromatic carbocycles. The Kier molecular flexibility index (Phi) is 4.34. The van der Waals surface area contributed by atoms with E-state index in [0.29, 0.717) is 0 Å². The lowest BCUT2D eigenvalue weighted by atomic mass is 10.1. The fraction of sp³-hybridized carbons (Fsp3) is 1.00. The third kappa shape index (κ3) is 3.00. The van der Waals surface area contributed by atoms with Gasteiger partial charge >= 0.3 is 0 Å². The summed E-state index contributed by atoms with van der Waals surface area (Å²) < 4.78 is 46.4. The van der Waals surface area contributed by atoms with Gasteiger partial charge in [0.05, 0.1) is 5.92 Å². The van der Waals surface area contributed by atoms with Crippen LogP contribution in [-0.2, 0) is 0 Å². The molecule has 0 unspecified atom stereocenters. The van der Waals surface area contributed by atoms with Crippen molar-refractivity contribution in [3.63, 3.8) is 0 Å². The van der Waals surface area contributed by atoms with Gasteiger partial charge in [0.25, 0.3) is 0 Å². The Balaban J connectivity index is 3.73. The van der Waals surface area contributed by atoms with Crippen molar-refractivity contribution in [2.75, 3.05) is 6.54 Å². The minimum Gasteiger partial charge on any atom is -0.330 e. The summed E-state index contributed by atoms with van der Waals surface area (Å²) in [5, 5.41) is 0. The van der Waals surface area contributed by atoms with Crippen LogP contribution in [0.5, 0.6) is 0 Å². The van der Waals surface area contributed by atoms with E-state index in [4.69, 9.17) is 5.73 Å². The van der Waals surface area contributed by atoms with Crippen LogP contribution in [0.4, 0.5) is 17.6 Å². The molecule has 0 aliphatic heterocycles. The highest BCUT2D eigenvalue weighted by molar-refractivity contribution is 4.63. The average molecular weight is 159 g/mol. The third-order valence-corrected chi connectivity index (χ3v) is 1.15. The summed E-state index contributed by atoms with van der Waals surface area (Å²) in [4.78, 5) is 0. The van der Waals surface area contributed by atoms with Gasteiger partial charge in [-0.15, -0.1) is 0 Å². The summed E-state index contributed by atoms with van der Waals surface area (Å²) >= 11 is 0. The van der Waals surface area contributed by atoms with E-state index in [1.165, 1.54) is 0 Å². The van der Waals surface area contributed by atoms with Gasteiger partial charge in [-0.1, -0.05) is 0 Å². The highest BCUT2D eigenvalue weighted by Gasteiger charge is 2.28. The highest BCUT2D eigenvalue weighted by atomic mass is 19.3. The molecule has 0 aliphatic rings. The third-order valence-electron chi connectivity index (χ3n) is 1.15. The Morgan fingerprint density at radius 2 is 1.40 bits per heavy atom. The van der Waals surface area contributed by atoms with Crippen LogP contribution in [0.2, 0.25) is 0 Å². The molecule has 0 bridgehead atoms. The molecule has 5 heteroatoms.